The number of aliphatic carboxylic acids is 1. The van der Waals surface area contributed by atoms with Gasteiger partial charge in [0, 0.05) is 37.1 Å². The van der Waals surface area contributed by atoms with Crippen LogP contribution in [0, 0.1) is 6.92 Å². The zero-order chi connectivity index (χ0) is 21.2. The smallest absolute Gasteiger partial charge is 0.417 e. The number of aryl methyl sites for hydroxylation is 2. The van der Waals surface area contributed by atoms with Crippen LogP contribution in [0.25, 0.3) is 11.9 Å². The Hall–Kier alpha value is -3.63. The van der Waals surface area contributed by atoms with Crippen molar-refractivity contribution in [2.24, 2.45) is 7.05 Å². The van der Waals surface area contributed by atoms with Gasteiger partial charge in [0.25, 0.3) is 0 Å². The van der Waals surface area contributed by atoms with Crippen LogP contribution in [0.5, 0.6) is 5.88 Å². The van der Waals surface area contributed by atoms with Gasteiger partial charge < -0.3 is 9.84 Å². The van der Waals surface area contributed by atoms with Gasteiger partial charge in [-0.1, -0.05) is 0 Å². The van der Waals surface area contributed by atoms with Crippen molar-refractivity contribution < 1.29 is 27.8 Å². The third-order valence-electron chi connectivity index (χ3n) is 3.98. The van der Waals surface area contributed by atoms with Crippen LogP contribution >= 0.6 is 0 Å². The van der Waals surface area contributed by atoms with Gasteiger partial charge in [-0.2, -0.15) is 18.3 Å². The van der Waals surface area contributed by atoms with E-state index in [0.717, 1.165) is 18.3 Å². The summed E-state index contributed by atoms with van der Waals surface area (Å²) in [5, 5.41) is 17.1. The zero-order valence-corrected chi connectivity index (χ0v) is 15.4. The van der Waals surface area contributed by atoms with Crippen LogP contribution in [0.2, 0.25) is 0 Å². The molecule has 0 spiro atoms. The molecule has 29 heavy (non-hydrogen) atoms. The number of carboxylic acids is 1. The number of aromatic nitrogens is 5. The summed E-state index contributed by atoms with van der Waals surface area (Å²) in [7, 11) is 1.65. The summed E-state index contributed by atoms with van der Waals surface area (Å²) in [6.07, 6.45) is 0.293. The predicted molar refractivity (Wildman–Crippen MR) is 95.3 cm³/mol. The molecule has 0 aliphatic rings. The van der Waals surface area contributed by atoms with E-state index in [4.69, 9.17) is 9.84 Å². The molecule has 0 saturated carbocycles. The molecule has 0 aliphatic carbocycles. The van der Waals surface area contributed by atoms with Gasteiger partial charge in [0.1, 0.15) is 6.61 Å². The van der Waals surface area contributed by atoms with E-state index in [1.54, 1.807) is 26.2 Å². The summed E-state index contributed by atoms with van der Waals surface area (Å²) in [5.74, 6) is -0.544. The number of hydrogen-bond donors (Lipinski definition) is 1. The highest BCUT2D eigenvalue weighted by molar-refractivity contribution is 5.84. The zero-order valence-electron chi connectivity index (χ0n) is 15.4. The monoisotopic (exact) mass is 407 g/mol. The van der Waals surface area contributed by atoms with Crippen LogP contribution in [0.1, 0.15) is 22.5 Å². The van der Waals surface area contributed by atoms with Gasteiger partial charge in [-0.3, -0.25) is 4.68 Å². The summed E-state index contributed by atoms with van der Waals surface area (Å²) in [6, 6.07) is 3.76. The van der Waals surface area contributed by atoms with Crippen molar-refractivity contribution in [2.75, 3.05) is 0 Å². The molecule has 0 aromatic carbocycles. The van der Waals surface area contributed by atoms with Crippen LogP contribution in [0.15, 0.2) is 36.7 Å². The second-order valence-corrected chi connectivity index (χ2v) is 6.08. The molecule has 3 rings (SSSR count). The fraction of sp³-hybridized carbons (Fsp3) is 0.222. The summed E-state index contributed by atoms with van der Waals surface area (Å²) >= 11 is 0. The van der Waals surface area contributed by atoms with E-state index in [0.29, 0.717) is 17.0 Å². The summed E-state index contributed by atoms with van der Waals surface area (Å²) in [4.78, 5) is 14.4. The van der Waals surface area contributed by atoms with Gasteiger partial charge in [0.2, 0.25) is 5.88 Å². The molecule has 1 N–H and O–H groups in total. The highest BCUT2D eigenvalue weighted by Gasteiger charge is 2.30. The minimum Gasteiger partial charge on any atom is -0.478 e. The van der Waals surface area contributed by atoms with E-state index < -0.39 is 17.7 Å². The lowest BCUT2D eigenvalue weighted by Crippen LogP contribution is -2.07. The second kappa shape index (κ2) is 7.78. The first-order chi connectivity index (χ1) is 13.6. The van der Waals surface area contributed by atoms with Crippen molar-refractivity contribution in [3.63, 3.8) is 0 Å². The maximum absolute atomic E-state index is 12.6. The Morgan fingerprint density at radius 1 is 1.31 bits per heavy atom. The number of alkyl halides is 3. The number of halogens is 3. The van der Waals surface area contributed by atoms with Crippen LogP contribution in [0.4, 0.5) is 13.2 Å². The van der Waals surface area contributed by atoms with E-state index in [1.165, 1.54) is 21.5 Å². The molecule has 8 nitrogen and oxygen atoms in total. The fourth-order valence-corrected chi connectivity index (χ4v) is 2.43. The van der Waals surface area contributed by atoms with Crippen molar-refractivity contribution in [1.29, 1.82) is 0 Å². The lowest BCUT2D eigenvalue weighted by molar-refractivity contribution is -0.137. The Bertz CT molecular complexity index is 1050. The second-order valence-electron chi connectivity index (χ2n) is 6.08. The molecular weight excluding hydrogens is 391 g/mol. The topological polar surface area (TPSA) is 95.1 Å². The number of ether oxygens (including phenoxy) is 1. The number of pyridine rings is 1. The van der Waals surface area contributed by atoms with Gasteiger partial charge in [-0.05, 0) is 25.1 Å². The molecule has 0 unspecified atom stereocenters. The van der Waals surface area contributed by atoms with Crippen molar-refractivity contribution >= 4 is 12.0 Å². The SMILES string of the molecule is Cc1nn(-c2ccc(C(F)(F)F)cn2)cc1COc1cc(/C=C/C(=O)O)n(C)n1. The van der Waals surface area contributed by atoms with E-state index in [-0.39, 0.29) is 18.3 Å². The van der Waals surface area contributed by atoms with E-state index >= 15 is 0 Å². The first-order valence-electron chi connectivity index (χ1n) is 8.30. The van der Waals surface area contributed by atoms with E-state index in [9.17, 15) is 18.0 Å². The first kappa shape index (κ1) is 20.1. The Morgan fingerprint density at radius 3 is 2.69 bits per heavy atom. The van der Waals surface area contributed by atoms with Crippen LogP contribution in [-0.4, -0.2) is 35.6 Å². The molecule has 0 radical (unpaired) electrons. The Morgan fingerprint density at radius 2 is 2.07 bits per heavy atom. The lowest BCUT2D eigenvalue weighted by atomic mass is 10.3. The van der Waals surface area contributed by atoms with Gasteiger partial charge in [0.05, 0.1) is 17.0 Å². The standard InChI is InChI=1S/C18H16F3N5O3/c1-11-12(10-29-16-7-14(25(2)24-16)4-6-17(27)28)9-26(23-11)15-5-3-13(8-22-15)18(19,20)21/h3-9H,10H2,1-2H3,(H,27,28)/b6-4+. The average molecular weight is 407 g/mol. The average Bonchev–Trinajstić information content (AvgIpc) is 3.20. The molecule has 0 atom stereocenters. The molecule has 0 bridgehead atoms. The largest absolute Gasteiger partial charge is 0.478 e. The molecule has 3 aromatic heterocycles. The molecule has 0 aliphatic heterocycles. The normalized spacial score (nSPS) is 11.9. The number of carboxylic acid groups (broad SMARTS) is 1. The maximum atomic E-state index is 12.6. The molecule has 11 heteroatoms. The lowest BCUT2D eigenvalue weighted by Gasteiger charge is -2.06. The quantitative estimate of drug-likeness (QED) is 0.632. The number of nitrogens with zero attached hydrogens (tertiary/aromatic N) is 5. The van der Waals surface area contributed by atoms with Crippen molar-refractivity contribution in [3.05, 3.63) is 59.2 Å². The fourth-order valence-electron chi connectivity index (χ4n) is 2.43. The third kappa shape index (κ3) is 4.81. The van der Waals surface area contributed by atoms with Gasteiger partial charge in [-0.25, -0.2) is 14.5 Å². The van der Waals surface area contributed by atoms with Gasteiger partial charge in [-0.15, -0.1) is 5.10 Å². The predicted octanol–water partition coefficient (Wildman–Crippen LogP) is 3.00. The van der Waals surface area contributed by atoms with Crippen LogP contribution in [0.3, 0.4) is 0 Å². The summed E-state index contributed by atoms with van der Waals surface area (Å²) in [6.45, 7) is 1.85. The third-order valence-corrected chi connectivity index (χ3v) is 3.98. The minimum atomic E-state index is -4.45. The highest BCUT2D eigenvalue weighted by Crippen LogP contribution is 2.28. The number of hydrogen-bond acceptors (Lipinski definition) is 5. The molecule has 152 valence electrons. The number of rotatable bonds is 6. The molecule has 0 fully saturated rings. The van der Waals surface area contributed by atoms with Crippen LogP contribution < -0.4 is 4.74 Å². The van der Waals surface area contributed by atoms with Crippen molar-refractivity contribution in [2.45, 2.75) is 19.7 Å². The maximum Gasteiger partial charge on any atom is 0.417 e. The van der Waals surface area contributed by atoms with Gasteiger partial charge >= 0.3 is 12.1 Å². The highest BCUT2D eigenvalue weighted by atomic mass is 19.4. The van der Waals surface area contributed by atoms with E-state index in [1.807, 2.05) is 0 Å². The van der Waals surface area contributed by atoms with Crippen molar-refractivity contribution in [1.82, 2.24) is 24.5 Å². The molecule has 0 saturated heterocycles. The number of carbonyl (C=O) groups is 1. The Labute approximate surface area is 162 Å². The van der Waals surface area contributed by atoms with Crippen LogP contribution in [-0.2, 0) is 24.6 Å². The summed E-state index contributed by atoms with van der Waals surface area (Å²) < 4.78 is 46.4. The summed E-state index contributed by atoms with van der Waals surface area (Å²) in [5.41, 5.74) is 1.02. The van der Waals surface area contributed by atoms with Crippen molar-refractivity contribution in [3.8, 4) is 11.7 Å². The minimum absolute atomic E-state index is 0.117. The molecule has 3 aromatic rings. The molecular formula is C18H16F3N5O3. The van der Waals surface area contributed by atoms with Gasteiger partial charge in [0.15, 0.2) is 5.82 Å². The first-order valence-corrected chi connectivity index (χ1v) is 8.30. The van der Waals surface area contributed by atoms with E-state index in [2.05, 4.69) is 15.2 Å². The Kier molecular flexibility index (Phi) is 5.39. The molecule has 3 heterocycles. The Balaban J connectivity index is 1.71. The molecule has 0 amide bonds.